The minimum absolute atomic E-state index is 0.0175. The average molecular weight is 417 g/mol. The van der Waals surface area contributed by atoms with Gasteiger partial charge in [0.25, 0.3) is 0 Å². The molecule has 1 aliphatic heterocycles. The Kier molecular flexibility index (Phi) is 7.24. The van der Waals surface area contributed by atoms with E-state index < -0.39 is 35.7 Å². The van der Waals surface area contributed by atoms with Gasteiger partial charge in [0, 0.05) is 19.8 Å². The first-order valence-electron chi connectivity index (χ1n) is 8.78. The number of imide groups is 1. The molecule has 1 aromatic carbocycles. The number of rotatable bonds is 6. The largest absolute Gasteiger partial charge is 0.466 e. The number of hydrogen-bond donors (Lipinski definition) is 1. The lowest BCUT2D eigenvalue weighted by Gasteiger charge is -2.37. The summed E-state index contributed by atoms with van der Waals surface area (Å²) >= 11 is 0. The third-order valence-electron chi connectivity index (χ3n) is 4.33. The highest BCUT2D eigenvalue weighted by Gasteiger charge is 2.42. The molecule has 0 fully saturated rings. The maximum absolute atomic E-state index is 13.9. The zero-order chi connectivity index (χ0) is 22.4. The molecule has 1 aliphatic rings. The van der Waals surface area contributed by atoms with E-state index in [4.69, 9.17) is 4.74 Å². The lowest BCUT2D eigenvalue weighted by molar-refractivity contribution is -0.136. The molecule has 4 amide bonds. The Labute approximate surface area is 172 Å². The van der Waals surface area contributed by atoms with Gasteiger partial charge in [-0.1, -0.05) is 37.5 Å². The third kappa shape index (κ3) is 4.62. The fourth-order valence-corrected chi connectivity index (χ4v) is 2.86. The predicted molar refractivity (Wildman–Crippen MR) is 106 cm³/mol. The van der Waals surface area contributed by atoms with E-state index in [1.807, 2.05) is 0 Å². The normalized spacial score (nSPS) is 16.7. The second-order valence-electron chi connectivity index (χ2n) is 6.26. The van der Waals surface area contributed by atoms with Gasteiger partial charge in [0.15, 0.2) is 11.6 Å². The van der Waals surface area contributed by atoms with Crippen molar-refractivity contribution in [2.45, 2.75) is 6.04 Å². The molecule has 1 atom stereocenters. The summed E-state index contributed by atoms with van der Waals surface area (Å²) < 4.78 is 32.1. The molecule has 1 heterocycles. The number of nitrogens with one attached hydrogen (secondary N) is 1. The van der Waals surface area contributed by atoms with E-state index in [0.29, 0.717) is 5.57 Å². The molecule has 0 unspecified atom stereocenters. The lowest BCUT2D eigenvalue weighted by Crippen LogP contribution is -2.53. The molecular weight excluding hydrogens is 396 g/mol. The Hall–Kier alpha value is -3.75. The van der Waals surface area contributed by atoms with Gasteiger partial charge in [-0.2, -0.15) is 0 Å². The SMILES string of the molecule is C=C/C=C(\C=C)CNC(=O)N1C(=O)N(C)C=C(C(=O)OC)[C@H]1c1ccc(F)c(F)c1. The molecule has 0 saturated heterocycles. The molecule has 1 aromatic rings. The van der Waals surface area contributed by atoms with Crippen LogP contribution in [0.5, 0.6) is 0 Å². The fourth-order valence-electron chi connectivity index (χ4n) is 2.86. The molecule has 2 rings (SSSR count). The Morgan fingerprint density at radius 1 is 1.27 bits per heavy atom. The highest BCUT2D eigenvalue weighted by molar-refractivity contribution is 6.00. The molecule has 0 radical (unpaired) electrons. The van der Waals surface area contributed by atoms with Crippen molar-refractivity contribution >= 4 is 18.0 Å². The van der Waals surface area contributed by atoms with Crippen LogP contribution in [0.2, 0.25) is 0 Å². The van der Waals surface area contributed by atoms with Crippen molar-refractivity contribution < 1.29 is 27.9 Å². The Bertz CT molecular complexity index is 956. The van der Waals surface area contributed by atoms with E-state index >= 15 is 0 Å². The first-order valence-corrected chi connectivity index (χ1v) is 8.78. The number of amides is 4. The zero-order valence-corrected chi connectivity index (χ0v) is 16.5. The standard InChI is InChI=1S/C21H21F2N3O4/c1-5-7-13(6-2)11-24-20(28)26-18(14-8-9-16(22)17(23)10-14)15(19(27)30-4)12-25(3)21(26)29/h5-10,12,18H,1-2,11H2,3-4H3,(H,24,28)/b13-7+/t18-/m1/s1. The Morgan fingerprint density at radius 3 is 2.53 bits per heavy atom. The topological polar surface area (TPSA) is 79.0 Å². The van der Waals surface area contributed by atoms with Crippen LogP contribution < -0.4 is 5.32 Å². The molecule has 1 N–H and O–H groups in total. The highest BCUT2D eigenvalue weighted by atomic mass is 19.2. The summed E-state index contributed by atoms with van der Waals surface area (Å²) in [5.41, 5.74) is 0.531. The van der Waals surface area contributed by atoms with E-state index in [-0.39, 0.29) is 17.7 Å². The molecule has 0 aromatic heterocycles. The van der Waals surface area contributed by atoms with Crippen LogP contribution in [0.25, 0.3) is 0 Å². The van der Waals surface area contributed by atoms with Gasteiger partial charge in [-0.3, -0.25) is 0 Å². The summed E-state index contributed by atoms with van der Waals surface area (Å²) in [5, 5.41) is 2.55. The number of methoxy groups -OCH3 is 1. The maximum atomic E-state index is 13.9. The number of ether oxygens (including phenoxy) is 1. The molecular formula is C21H21F2N3O4. The lowest BCUT2D eigenvalue weighted by atomic mass is 9.96. The number of halogens is 2. The van der Waals surface area contributed by atoms with Crippen molar-refractivity contribution in [1.29, 1.82) is 0 Å². The second-order valence-corrected chi connectivity index (χ2v) is 6.26. The van der Waals surface area contributed by atoms with Crippen LogP contribution in [0.4, 0.5) is 18.4 Å². The monoisotopic (exact) mass is 417 g/mol. The number of esters is 1. The number of allylic oxidation sites excluding steroid dienone is 2. The smallest absolute Gasteiger partial charge is 0.337 e. The minimum Gasteiger partial charge on any atom is -0.466 e. The third-order valence-corrected chi connectivity index (χ3v) is 4.33. The molecule has 0 spiro atoms. The van der Waals surface area contributed by atoms with Gasteiger partial charge in [-0.05, 0) is 23.3 Å². The number of carbonyl (C=O) groups is 3. The zero-order valence-electron chi connectivity index (χ0n) is 16.5. The average Bonchev–Trinajstić information content (AvgIpc) is 2.73. The van der Waals surface area contributed by atoms with Crippen LogP contribution in [0.3, 0.4) is 0 Å². The summed E-state index contributed by atoms with van der Waals surface area (Å²) in [6.07, 6.45) is 5.81. The summed E-state index contributed by atoms with van der Waals surface area (Å²) in [4.78, 5) is 39.8. The van der Waals surface area contributed by atoms with Crippen molar-refractivity contribution in [3.8, 4) is 0 Å². The van der Waals surface area contributed by atoms with Crippen LogP contribution in [0.15, 0.2) is 66.9 Å². The van der Waals surface area contributed by atoms with Crippen LogP contribution in [0.1, 0.15) is 11.6 Å². The molecule has 158 valence electrons. The van der Waals surface area contributed by atoms with Gasteiger partial charge in [0.2, 0.25) is 0 Å². The number of urea groups is 2. The summed E-state index contributed by atoms with van der Waals surface area (Å²) in [5.74, 6) is -3.13. The van der Waals surface area contributed by atoms with Crippen LogP contribution in [-0.2, 0) is 9.53 Å². The van der Waals surface area contributed by atoms with Gasteiger partial charge in [-0.15, -0.1) is 0 Å². The fraction of sp³-hybridized carbons (Fsp3) is 0.190. The minimum atomic E-state index is -1.33. The highest BCUT2D eigenvalue weighted by Crippen LogP contribution is 2.34. The number of nitrogens with zero attached hydrogens (tertiary/aromatic N) is 2. The van der Waals surface area contributed by atoms with Crippen LogP contribution >= 0.6 is 0 Å². The van der Waals surface area contributed by atoms with Gasteiger partial charge in [0.05, 0.1) is 12.7 Å². The molecule has 7 nitrogen and oxygen atoms in total. The van der Waals surface area contributed by atoms with Gasteiger partial charge in [-0.25, -0.2) is 28.1 Å². The van der Waals surface area contributed by atoms with Gasteiger partial charge < -0.3 is 15.0 Å². The molecule has 30 heavy (non-hydrogen) atoms. The van der Waals surface area contributed by atoms with E-state index in [1.165, 1.54) is 31.5 Å². The van der Waals surface area contributed by atoms with Gasteiger partial charge >= 0.3 is 18.0 Å². The summed E-state index contributed by atoms with van der Waals surface area (Å²) in [7, 11) is 2.47. The maximum Gasteiger partial charge on any atom is 0.337 e. The van der Waals surface area contributed by atoms with E-state index in [9.17, 15) is 23.2 Å². The first-order chi connectivity index (χ1) is 14.2. The second kappa shape index (κ2) is 9.64. The number of benzene rings is 1. The first kappa shape index (κ1) is 22.5. The van der Waals surface area contributed by atoms with Crippen LogP contribution in [0, 0.1) is 11.6 Å². The Balaban J connectivity index is 2.52. The molecule has 0 bridgehead atoms. The van der Waals surface area contributed by atoms with E-state index in [1.54, 1.807) is 6.08 Å². The number of hydrogen-bond acceptors (Lipinski definition) is 4. The van der Waals surface area contributed by atoms with Crippen molar-refractivity contribution in [3.05, 3.63) is 84.1 Å². The van der Waals surface area contributed by atoms with Crippen molar-refractivity contribution in [2.75, 3.05) is 20.7 Å². The van der Waals surface area contributed by atoms with Gasteiger partial charge in [0.1, 0.15) is 6.04 Å². The van der Waals surface area contributed by atoms with Crippen molar-refractivity contribution in [3.63, 3.8) is 0 Å². The Morgan fingerprint density at radius 2 is 1.97 bits per heavy atom. The summed E-state index contributed by atoms with van der Waals surface area (Å²) in [6, 6.07) is -0.0999. The molecule has 0 aliphatic carbocycles. The summed E-state index contributed by atoms with van der Waals surface area (Å²) in [6.45, 7) is 7.20. The molecule has 9 heteroatoms. The quantitative estimate of drug-likeness (QED) is 0.568. The van der Waals surface area contributed by atoms with Crippen LogP contribution in [-0.4, -0.2) is 48.5 Å². The van der Waals surface area contributed by atoms with E-state index in [0.717, 1.165) is 29.0 Å². The predicted octanol–water partition coefficient (Wildman–Crippen LogP) is 3.44. The molecule has 0 saturated carbocycles. The van der Waals surface area contributed by atoms with Crippen molar-refractivity contribution in [2.24, 2.45) is 0 Å². The number of carbonyl (C=O) groups excluding carboxylic acids is 3. The van der Waals surface area contributed by atoms with E-state index in [2.05, 4.69) is 18.5 Å². The van der Waals surface area contributed by atoms with Crippen molar-refractivity contribution in [1.82, 2.24) is 15.1 Å².